The van der Waals surface area contributed by atoms with E-state index in [0.717, 1.165) is 41.6 Å². The zero-order valence-electron chi connectivity index (χ0n) is 27.1. The average molecular weight is 643 g/mol. The average Bonchev–Trinajstić information content (AvgIpc) is 3.17. The first-order chi connectivity index (χ1) is 23.2. The van der Waals surface area contributed by atoms with Gasteiger partial charge in [0.1, 0.15) is 12.0 Å². The minimum atomic E-state index is 0.339. The molecule has 0 aliphatic carbocycles. The first-order valence-electron chi connectivity index (χ1n) is 14.7. The maximum Gasteiger partial charge on any atom is 0.170 e. The number of benzene rings is 3. The van der Waals surface area contributed by atoms with E-state index in [0.29, 0.717) is 35.3 Å². The fourth-order valence-electron chi connectivity index (χ4n) is 3.24. The van der Waals surface area contributed by atoms with Gasteiger partial charge in [0.25, 0.3) is 0 Å². The van der Waals surface area contributed by atoms with Crippen LogP contribution < -0.4 is 17.2 Å². The van der Waals surface area contributed by atoms with Gasteiger partial charge in [0.2, 0.25) is 0 Å². The molecule has 0 radical (unpaired) electrons. The molecule has 0 atom stereocenters. The van der Waals surface area contributed by atoms with Crippen LogP contribution in [0, 0.1) is 0 Å². The molecular weight excluding hydrogens is 600 g/mol. The lowest BCUT2D eigenvalue weighted by Gasteiger charge is -1.97. The summed E-state index contributed by atoms with van der Waals surface area (Å²) in [7, 11) is 0. The fourth-order valence-corrected chi connectivity index (χ4v) is 3.24. The molecule has 9 nitrogen and oxygen atoms in total. The first-order valence-corrected chi connectivity index (χ1v) is 14.7. The van der Waals surface area contributed by atoms with Crippen molar-refractivity contribution in [2.24, 2.45) is 5.73 Å². The van der Waals surface area contributed by atoms with Gasteiger partial charge in [-0.2, -0.15) is 0 Å². The van der Waals surface area contributed by atoms with Gasteiger partial charge >= 0.3 is 0 Å². The van der Waals surface area contributed by atoms with Crippen LogP contribution in [-0.4, -0.2) is 33.8 Å². The van der Waals surface area contributed by atoms with Crippen LogP contribution in [0.4, 0.5) is 11.4 Å². The van der Waals surface area contributed by atoms with E-state index in [1.165, 1.54) is 29.7 Å². The monoisotopic (exact) mass is 642 g/mol. The molecule has 0 aliphatic rings. The Bertz CT molecular complexity index is 1410. The molecule has 0 bridgehead atoms. The minimum absolute atomic E-state index is 0.339. The van der Waals surface area contributed by atoms with Crippen molar-refractivity contribution >= 4 is 48.5 Å². The number of carbonyl (C=O) groups is 3. The smallest absolute Gasteiger partial charge is 0.170 e. The summed E-state index contributed by atoms with van der Waals surface area (Å²) in [6, 6.07) is 26.2. The van der Waals surface area contributed by atoms with E-state index in [-0.39, 0.29) is 0 Å². The number of nitrogen functional groups attached to an aromatic ring is 2. The van der Waals surface area contributed by atoms with Crippen molar-refractivity contribution in [3.63, 3.8) is 0 Å². The maximum absolute atomic E-state index is 10.2. The highest BCUT2D eigenvalue weighted by Gasteiger charge is 1.91. The first kappa shape index (κ1) is 39.7. The third kappa shape index (κ3) is 16.7. The normalized spacial score (nSPS) is 9.04. The molecule has 9 heteroatoms. The number of hydrogen-bond acceptors (Lipinski definition) is 9. The molecule has 0 saturated heterocycles. The van der Waals surface area contributed by atoms with Crippen LogP contribution >= 0.6 is 0 Å². The van der Waals surface area contributed by atoms with Crippen molar-refractivity contribution in [3.8, 4) is 0 Å². The molecule has 0 saturated carbocycles. The summed E-state index contributed by atoms with van der Waals surface area (Å²) in [5, 5.41) is 0. The second-order valence-corrected chi connectivity index (χ2v) is 9.56. The summed E-state index contributed by atoms with van der Waals surface area (Å²) in [6.45, 7) is 13.4. The van der Waals surface area contributed by atoms with Crippen LogP contribution in [0.1, 0.15) is 66.2 Å². The van der Waals surface area contributed by atoms with E-state index in [4.69, 9.17) is 17.2 Å². The Hall–Kier alpha value is -6.32. The molecule has 48 heavy (non-hydrogen) atoms. The minimum Gasteiger partial charge on any atom is -0.399 e. The van der Waals surface area contributed by atoms with Crippen molar-refractivity contribution in [2.75, 3.05) is 11.5 Å². The van der Waals surface area contributed by atoms with Crippen LogP contribution in [0.15, 0.2) is 123 Å². The van der Waals surface area contributed by atoms with Crippen molar-refractivity contribution in [3.05, 3.63) is 168 Å². The molecule has 0 spiro atoms. The topological polar surface area (TPSA) is 168 Å². The summed E-state index contributed by atoms with van der Waals surface area (Å²) in [5.74, 6) is 0. The molecule has 2 heterocycles. The van der Waals surface area contributed by atoms with Gasteiger partial charge in [0, 0.05) is 35.2 Å². The van der Waals surface area contributed by atoms with Crippen LogP contribution in [0.25, 0.3) is 18.2 Å². The van der Waals surface area contributed by atoms with Crippen molar-refractivity contribution in [1.82, 2.24) is 15.0 Å². The van der Waals surface area contributed by atoms with Gasteiger partial charge in [-0.3, -0.25) is 24.4 Å². The standard InChI is InChI=1S/C9H13N.C9H8O.C8H7NO.C7H6N2O.C6H8N2/c2*1-2-8-3-5-9(7-10)6-4-8;1-2-8-4-3-7(6-10)5-9-8;1-2-6-3-9-7(5-10)4-8-6;7-5-1-2-6(8)4-3-5/h3-6H,2,7,10H2,1H3;2-7H,1H2;2-6H,1H2;2-5H,1H2;1-4H,7-8H2. The summed E-state index contributed by atoms with van der Waals surface area (Å²) < 4.78 is 0. The Morgan fingerprint density at radius 1 is 0.521 bits per heavy atom. The molecule has 5 aromatic rings. The van der Waals surface area contributed by atoms with Crippen LogP contribution in [0.5, 0.6) is 0 Å². The van der Waals surface area contributed by atoms with Gasteiger partial charge in [-0.05, 0) is 71.7 Å². The zero-order chi connectivity index (χ0) is 35.6. The summed E-state index contributed by atoms with van der Waals surface area (Å²) in [5.41, 5.74) is 24.4. The Morgan fingerprint density at radius 3 is 1.35 bits per heavy atom. The van der Waals surface area contributed by atoms with E-state index in [1.54, 1.807) is 66.8 Å². The van der Waals surface area contributed by atoms with Crippen molar-refractivity contribution in [2.45, 2.75) is 19.9 Å². The van der Waals surface area contributed by atoms with Gasteiger partial charge in [0.05, 0.1) is 23.8 Å². The molecule has 2 aromatic heterocycles. The number of nitrogens with two attached hydrogens (primary N) is 3. The fraction of sp³-hybridized carbons (Fsp3) is 0.0769. The van der Waals surface area contributed by atoms with Gasteiger partial charge in [-0.25, -0.2) is 4.98 Å². The molecule has 0 unspecified atom stereocenters. The molecule has 5 rings (SSSR count). The Balaban J connectivity index is 0.000000301. The molecule has 0 amide bonds. The predicted octanol–water partition coefficient (Wildman–Crippen LogP) is 7.17. The lowest BCUT2D eigenvalue weighted by Crippen LogP contribution is -1.95. The van der Waals surface area contributed by atoms with E-state index in [9.17, 15) is 14.4 Å². The lowest BCUT2D eigenvalue weighted by molar-refractivity contribution is 0.111. The zero-order valence-corrected chi connectivity index (χ0v) is 27.1. The van der Waals surface area contributed by atoms with Gasteiger partial charge in [0.15, 0.2) is 12.6 Å². The number of aldehydes is 3. The molecule has 0 fully saturated rings. The highest BCUT2D eigenvalue weighted by Crippen LogP contribution is 2.05. The number of aryl methyl sites for hydroxylation is 1. The quantitative estimate of drug-likeness (QED) is 0.117. The number of carbonyl (C=O) groups excluding carboxylic acids is 3. The summed E-state index contributed by atoms with van der Waals surface area (Å²) >= 11 is 0. The SMILES string of the molecule is C=Cc1ccc(C=O)cc1.C=Cc1ccc(C=O)cn1.C=Cc1cnc(C=O)cn1.CCc1ccc(CN)cc1.Nc1ccc(N)cc1. The second-order valence-electron chi connectivity index (χ2n) is 9.56. The predicted molar refractivity (Wildman–Crippen MR) is 198 cm³/mol. The third-order valence-electron chi connectivity index (χ3n) is 6.09. The van der Waals surface area contributed by atoms with Gasteiger partial charge in [-0.15, -0.1) is 0 Å². The highest BCUT2D eigenvalue weighted by atomic mass is 16.1. The Labute approximate surface area is 282 Å². The van der Waals surface area contributed by atoms with E-state index >= 15 is 0 Å². The van der Waals surface area contributed by atoms with Crippen molar-refractivity contribution < 1.29 is 14.4 Å². The number of hydrogen-bond donors (Lipinski definition) is 3. The lowest BCUT2D eigenvalue weighted by atomic mass is 10.1. The van der Waals surface area contributed by atoms with Gasteiger partial charge in [-0.1, -0.05) is 81.3 Å². The number of pyridine rings is 1. The van der Waals surface area contributed by atoms with Crippen LogP contribution in [-0.2, 0) is 13.0 Å². The number of nitrogens with zero attached hydrogens (tertiary/aromatic N) is 3. The number of aromatic nitrogens is 3. The number of anilines is 2. The van der Waals surface area contributed by atoms with E-state index in [1.807, 2.05) is 12.1 Å². The molecule has 6 N–H and O–H groups in total. The van der Waals surface area contributed by atoms with Crippen molar-refractivity contribution in [1.29, 1.82) is 0 Å². The molecular formula is C39H42N6O3. The van der Waals surface area contributed by atoms with Gasteiger partial charge < -0.3 is 17.2 Å². The number of rotatable bonds is 8. The summed E-state index contributed by atoms with van der Waals surface area (Å²) in [4.78, 5) is 41.9. The highest BCUT2D eigenvalue weighted by molar-refractivity contribution is 5.75. The Morgan fingerprint density at radius 2 is 0.979 bits per heavy atom. The summed E-state index contributed by atoms with van der Waals surface area (Å²) in [6.07, 6.45) is 12.7. The second kappa shape index (κ2) is 24.0. The Kier molecular flexibility index (Phi) is 19.8. The van der Waals surface area contributed by atoms with Crippen LogP contribution in [0.3, 0.4) is 0 Å². The molecule has 3 aromatic carbocycles. The molecule has 0 aliphatic heterocycles. The molecule has 246 valence electrons. The van der Waals surface area contributed by atoms with Crippen LogP contribution in [0.2, 0.25) is 0 Å². The van der Waals surface area contributed by atoms with E-state index < -0.39 is 0 Å². The largest absolute Gasteiger partial charge is 0.399 e. The third-order valence-corrected chi connectivity index (χ3v) is 6.09. The maximum atomic E-state index is 10.2. The van der Waals surface area contributed by atoms with E-state index in [2.05, 4.69) is 65.9 Å².